The molecule has 0 spiro atoms. The third-order valence-corrected chi connectivity index (χ3v) is 3.78. The summed E-state index contributed by atoms with van der Waals surface area (Å²) in [6.45, 7) is 1.93. The van der Waals surface area contributed by atoms with E-state index < -0.39 is 0 Å². The van der Waals surface area contributed by atoms with Gasteiger partial charge in [-0.2, -0.15) is 0 Å². The SMILES string of the molecule is C[C@@H](NC(=O)c1ccc(N)c(Cl)c1)c1cccc(Br)c1. The lowest BCUT2D eigenvalue weighted by molar-refractivity contribution is 0.0940. The molecule has 0 aromatic heterocycles. The highest BCUT2D eigenvalue weighted by Gasteiger charge is 2.12. The van der Waals surface area contributed by atoms with Crippen LogP contribution >= 0.6 is 27.5 Å². The van der Waals surface area contributed by atoms with Crippen LogP contribution in [0, 0.1) is 0 Å². The summed E-state index contributed by atoms with van der Waals surface area (Å²) in [6.07, 6.45) is 0. The standard InChI is InChI=1S/C15H14BrClN2O/c1-9(10-3-2-4-12(16)7-10)19-15(20)11-5-6-14(18)13(17)8-11/h2-9H,18H2,1H3,(H,19,20)/t9-/m1/s1. The molecule has 0 aliphatic heterocycles. The predicted octanol–water partition coefficient (Wildman–Crippen LogP) is 4.18. The number of carbonyl (C=O) groups excluding carboxylic acids is 1. The molecule has 0 fully saturated rings. The molecule has 0 aliphatic rings. The maximum absolute atomic E-state index is 12.2. The second-order valence-corrected chi connectivity index (χ2v) is 5.81. The first-order valence-corrected chi connectivity index (χ1v) is 7.26. The summed E-state index contributed by atoms with van der Waals surface area (Å²) in [6, 6.07) is 12.6. The first-order chi connectivity index (χ1) is 9.47. The molecule has 2 rings (SSSR count). The molecule has 0 saturated carbocycles. The molecule has 2 aromatic rings. The lowest BCUT2D eigenvalue weighted by Gasteiger charge is -2.15. The van der Waals surface area contributed by atoms with Crippen LogP contribution in [0.3, 0.4) is 0 Å². The van der Waals surface area contributed by atoms with Crippen LogP contribution in [0.25, 0.3) is 0 Å². The topological polar surface area (TPSA) is 55.1 Å². The highest BCUT2D eigenvalue weighted by Crippen LogP contribution is 2.21. The lowest BCUT2D eigenvalue weighted by atomic mass is 10.1. The predicted molar refractivity (Wildman–Crippen MR) is 85.9 cm³/mol. The van der Waals surface area contributed by atoms with Crippen LogP contribution in [0.5, 0.6) is 0 Å². The van der Waals surface area contributed by atoms with E-state index in [0.29, 0.717) is 16.3 Å². The Morgan fingerprint density at radius 2 is 2.05 bits per heavy atom. The number of anilines is 1. The van der Waals surface area contributed by atoms with Crippen LogP contribution < -0.4 is 11.1 Å². The second kappa shape index (κ2) is 6.29. The minimum atomic E-state index is -0.181. The van der Waals surface area contributed by atoms with Crippen molar-refractivity contribution in [2.75, 3.05) is 5.73 Å². The molecule has 0 heterocycles. The molecule has 0 bridgehead atoms. The molecule has 1 atom stereocenters. The molecule has 0 aliphatic carbocycles. The van der Waals surface area contributed by atoms with Crippen LogP contribution in [0.1, 0.15) is 28.9 Å². The fourth-order valence-corrected chi connectivity index (χ4v) is 2.41. The molecular weight excluding hydrogens is 340 g/mol. The molecule has 104 valence electrons. The summed E-state index contributed by atoms with van der Waals surface area (Å²) < 4.78 is 0.978. The van der Waals surface area contributed by atoms with Crippen molar-refractivity contribution in [3.63, 3.8) is 0 Å². The molecule has 0 saturated heterocycles. The zero-order valence-electron chi connectivity index (χ0n) is 10.9. The Labute approximate surface area is 131 Å². The molecule has 3 N–H and O–H groups in total. The van der Waals surface area contributed by atoms with E-state index in [1.165, 1.54) is 0 Å². The number of nitrogens with one attached hydrogen (secondary N) is 1. The van der Waals surface area contributed by atoms with Gasteiger partial charge >= 0.3 is 0 Å². The third-order valence-electron chi connectivity index (χ3n) is 2.96. The van der Waals surface area contributed by atoms with Gasteiger partial charge < -0.3 is 11.1 Å². The average molecular weight is 354 g/mol. The van der Waals surface area contributed by atoms with E-state index >= 15 is 0 Å². The van der Waals surface area contributed by atoms with Crippen LogP contribution in [0.4, 0.5) is 5.69 Å². The minimum absolute atomic E-state index is 0.101. The average Bonchev–Trinajstić information content (AvgIpc) is 2.41. The second-order valence-electron chi connectivity index (χ2n) is 4.49. The summed E-state index contributed by atoms with van der Waals surface area (Å²) in [5.41, 5.74) is 7.60. The van der Waals surface area contributed by atoms with E-state index in [2.05, 4.69) is 21.2 Å². The number of amides is 1. The summed E-state index contributed by atoms with van der Waals surface area (Å²) in [7, 11) is 0. The van der Waals surface area contributed by atoms with Crippen molar-refractivity contribution in [3.05, 3.63) is 63.1 Å². The molecular formula is C15H14BrClN2O. The maximum atomic E-state index is 12.2. The van der Waals surface area contributed by atoms with Gasteiger partial charge in [-0.15, -0.1) is 0 Å². The Morgan fingerprint density at radius 1 is 1.30 bits per heavy atom. The first kappa shape index (κ1) is 14.9. The number of nitrogens with two attached hydrogens (primary N) is 1. The number of hydrogen-bond donors (Lipinski definition) is 2. The summed E-state index contributed by atoms with van der Waals surface area (Å²) in [5.74, 6) is -0.181. The van der Waals surface area contributed by atoms with Gasteiger partial charge in [0.1, 0.15) is 0 Å². The summed E-state index contributed by atoms with van der Waals surface area (Å²) >= 11 is 9.34. The molecule has 5 heteroatoms. The van der Waals surface area contributed by atoms with Crippen molar-refractivity contribution >= 4 is 39.1 Å². The van der Waals surface area contributed by atoms with Gasteiger partial charge in [0.05, 0.1) is 16.8 Å². The van der Waals surface area contributed by atoms with Gasteiger partial charge in [-0.25, -0.2) is 0 Å². The molecule has 2 aromatic carbocycles. The highest BCUT2D eigenvalue weighted by molar-refractivity contribution is 9.10. The van der Waals surface area contributed by atoms with Crippen molar-refractivity contribution in [3.8, 4) is 0 Å². The van der Waals surface area contributed by atoms with Gasteiger partial charge in [0.25, 0.3) is 5.91 Å². The Morgan fingerprint density at radius 3 is 2.70 bits per heavy atom. The molecule has 3 nitrogen and oxygen atoms in total. The number of rotatable bonds is 3. The Bertz CT molecular complexity index is 646. The van der Waals surface area contributed by atoms with Gasteiger partial charge in [0.15, 0.2) is 0 Å². The fraction of sp³-hybridized carbons (Fsp3) is 0.133. The third kappa shape index (κ3) is 3.52. The Balaban J connectivity index is 2.13. The largest absolute Gasteiger partial charge is 0.398 e. The number of halogens is 2. The van der Waals surface area contributed by atoms with Crippen LogP contribution in [-0.4, -0.2) is 5.91 Å². The monoisotopic (exact) mass is 352 g/mol. The number of hydrogen-bond acceptors (Lipinski definition) is 2. The van der Waals surface area contributed by atoms with Crippen molar-refractivity contribution in [2.24, 2.45) is 0 Å². The molecule has 1 amide bonds. The van der Waals surface area contributed by atoms with E-state index in [-0.39, 0.29) is 11.9 Å². The molecule has 0 radical (unpaired) electrons. The first-order valence-electron chi connectivity index (χ1n) is 6.08. The smallest absolute Gasteiger partial charge is 0.251 e. The normalized spacial score (nSPS) is 11.9. The van der Waals surface area contributed by atoms with Gasteiger partial charge in [-0.05, 0) is 42.8 Å². The zero-order valence-corrected chi connectivity index (χ0v) is 13.2. The maximum Gasteiger partial charge on any atom is 0.251 e. The lowest BCUT2D eigenvalue weighted by Crippen LogP contribution is -2.26. The van der Waals surface area contributed by atoms with Crippen molar-refractivity contribution < 1.29 is 4.79 Å². The van der Waals surface area contributed by atoms with Gasteiger partial charge in [0, 0.05) is 10.0 Å². The minimum Gasteiger partial charge on any atom is -0.398 e. The Kier molecular flexibility index (Phi) is 4.68. The molecule has 20 heavy (non-hydrogen) atoms. The van der Waals surface area contributed by atoms with Crippen LogP contribution in [0.2, 0.25) is 5.02 Å². The van der Waals surface area contributed by atoms with Gasteiger partial charge in [0.2, 0.25) is 0 Å². The molecule has 0 unspecified atom stereocenters. The van der Waals surface area contributed by atoms with Crippen molar-refractivity contribution in [1.29, 1.82) is 0 Å². The zero-order chi connectivity index (χ0) is 14.7. The van der Waals surface area contributed by atoms with E-state index in [0.717, 1.165) is 10.0 Å². The summed E-state index contributed by atoms with van der Waals surface area (Å²) in [5, 5.41) is 3.31. The van der Waals surface area contributed by atoms with Crippen molar-refractivity contribution in [1.82, 2.24) is 5.32 Å². The quantitative estimate of drug-likeness (QED) is 0.813. The van der Waals surface area contributed by atoms with Crippen LogP contribution in [0.15, 0.2) is 46.9 Å². The van der Waals surface area contributed by atoms with E-state index in [1.54, 1.807) is 18.2 Å². The fourth-order valence-electron chi connectivity index (χ4n) is 1.81. The van der Waals surface area contributed by atoms with Gasteiger partial charge in [-0.1, -0.05) is 39.7 Å². The number of carbonyl (C=O) groups is 1. The highest BCUT2D eigenvalue weighted by atomic mass is 79.9. The van der Waals surface area contributed by atoms with Gasteiger partial charge in [-0.3, -0.25) is 4.79 Å². The van der Waals surface area contributed by atoms with E-state index in [4.69, 9.17) is 17.3 Å². The summed E-state index contributed by atoms with van der Waals surface area (Å²) in [4.78, 5) is 12.2. The number of nitrogen functional groups attached to an aromatic ring is 1. The number of benzene rings is 2. The van der Waals surface area contributed by atoms with E-state index in [9.17, 15) is 4.79 Å². The Hall–Kier alpha value is -1.52. The van der Waals surface area contributed by atoms with Crippen LogP contribution in [-0.2, 0) is 0 Å². The van der Waals surface area contributed by atoms with E-state index in [1.807, 2.05) is 31.2 Å². The van der Waals surface area contributed by atoms with Crippen molar-refractivity contribution in [2.45, 2.75) is 13.0 Å².